The van der Waals surface area contributed by atoms with Crippen LogP contribution in [0.5, 0.6) is 5.75 Å². The van der Waals surface area contributed by atoms with Crippen LogP contribution in [-0.2, 0) is 0 Å². The minimum atomic E-state index is -0.468. The average molecular weight is 446 g/mol. The number of benzene rings is 3. The lowest BCUT2D eigenvalue weighted by atomic mass is 10.1. The van der Waals surface area contributed by atoms with Crippen LogP contribution in [0.1, 0.15) is 9.67 Å². The Kier molecular flexibility index (Phi) is 6.09. The monoisotopic (exact) mass is 446 g/mol. The number of thiazole rings is 1. The van der Waals surface area contributed by atoms with Gasteiger partial charge in [0.05, 0.1) is 17.7 Å². The average Bonchev–Trinajstić information content (AvgIpc) is 3.24. The van der Waals surface area contributed by atoms with Crippen LogP contribution in [0.4, 0.5) is 22.2 Å². The van der Waals surface area contributed by atoms with Crippen LogP contribution in [0.2, 0.25) is 0 Å². The highest BCUT2D eigenvalue weighted by Crippen LogP contribution is 2.34. The number of carbonyl (C=O) groups is 1. The maximum atomic E-state index is 13.1. The predicted molar refractivity (Wildman–Crippen MR) is 125 cm³/mol. The molecule has 160 valence electrons. The second-order valence-corrected chi connectivity index (χ2v) is 7.67. The second-order valence-electron chi connectivity index (χ2n) is 6.67. The number of aromatic nitrogens is 1. The van der Waals surface area contributed by atoms with Crippen LogP contribution in [0.25, 0.3) is 11.3 Å². The SMILES string of the molecule is COc1ccc(NC(=O)c2sc(Nc3ccccc3)nc2-c2ccc([N+](=O)[O-])cc2)cc1. The highest BCUT2D eigenvalue weighted by atomic mass is 32.1. The molecule has 1 amide bonds. The number of hydrogen-bond donors (Lipinski definition) is 2. The van der Waals surface area contributed by atoms with E-state index >= 15 is 0 Å². The number of nitro groups is 1. The molecule has 0 atom stereocenters. The minimum absolute atomic E-state index is 0.0316. The predicted octanol–water partition coefficient (Wildman–Crippen LogP) is 5.72. The topological polar surface area (TPSA) is 106 Å². The number of nitrogens with one attached hydrogen (secondary N) is 2. The van der Waals surface area contributed by atoms with Crippen molar-refractivity contribution in [1.29, 1.82) is 0 Å². The molecule has 4 aromatic rings. The normalized spacial score (nSPS) is 10.4. The van der Waals surface area contributed by atoms with E-state index in [1.54, 1.807) is 43.5 Å². The van der Waals surface area contributed by atoms with Gasteiger partial charge in [-0.25, -0.2) is 4.98 Å². The molecule has 0 aliphatic carbocycles. The van der Waals surface area contributed by atoms with Crippen molar-refractivity contribution >= 4 is 39.4 Å². The Morgan fingerprint density at radius 3 is 2.28 bits per heavy atom. The molecule has 32 heavy (non-hydrogen) atoms. The summed E-state index contributed by atoms with van der Waals surface area (Å²) >= 11 is 1.20. The molecule has 1 aromatic heterocycles. The first-order valence-corrected chi connectivity index (χ1v) is 10.4. The number of carbonyl (C=O) groups excluding carboxylic acids is 1. The number of amides is 1. The molecule has 0 aliphatic heterocycles. The van der Waals surface area contributed by atoms with E-state index < -0.39 is 4.92 Å². The lowest BCUT2D eigenvalue weighted by Crippen LogP contribution is -2.11. The van der Waals surface area contributed by atoms with Crippen LogP contribution in [0, 0.1) is 10.1 Å². The van der Waals surface area contributed by atoms with Crippen molar-refractivity contribution in [3.63, 3.8) is 0 Å². The molecule has 3 aromatic carbocycles. The molecule has 0 aliphatic rings. The first-order chi connectivity index (χ1) is 15.5. The summed E-state index contributed by atoms with van der Waals surface area (Å²) in [5.74, 6) is 0.351. The highest BCUT2D eigenvalue weighted by Gasteiger charge is 2.21. The smallest absolute Gasteiger partial charge is 0.269 e. The zero-order valence-corrected chi connectivity index (χ0v) is 17.8. The minimum Gasteiger partial charge on any atom is -0.497 e. The summed E-state index contributed by atoms with van der Waals surface area (Å²) < 4.78 is 5.15. The molecule has 0 saturated carbocycles. The lowest BCUT2D eigenvalue weighted by molar-refractivity contribution is -0.384. The number of rotatable bonds is 7. The molecular formula is C23H18N4O4S. The summed E-state index contributed by atoms with van der Waals surface area (Å²) in [5, 5.41) is 17.6. The molecule has 9 heteroatoms. The van der Waals surface area contributed by atoms with Crippen molar-refractivity contribution in [3.8, 4) is 17.0 Å². The number of ether oxygens (including phenoxy) is 1. The van der Waals surface area contributed by atoms with Gasteiger partial charge in [0.2, 0.25) is 0 Å². The summed E-state index contributed by atoms with van der Waals surface area (Å²) in [7, 11) is 1.57. The van der Waals surface area contributed by atoms with Crippen molar-refractivity contribution in [2.75, 3.05) is 17.7 Å². The highest BCUT2D eigenvalue weighted by molar-refractivity contribution is 7.18. The lowest BCUT2D eigenvalue weighted by Gasteiger charge is -2.06. The Labute approximate surface area is 187 Å². The third kappa shape index (κ3) is 4.73. The van der Waals surface area contributed by atoms with E-state index in [1.165, 1.54) is 23.5 Å². The third-order valence-electron chi connectivity index (χ3n) is 4.56. The zero-order chi connectivity index (χ0) is 22.5. The molecule has 8 nitrogen and oxygen atoms in total. The summed E-state index contributed by atoms with van der Waals surface area (Å²) in [6, 6.07) is 22.4. The first kappa shape index (κ1) is 21.0. The molecule has 2 N–H and O–H groups in total. The molecule has 0 fully saturated rings. The van der Waals surface area contributed by atoms with Gasteiger partial charge in [-0.1, -0.05) is 29.5 Å². The van der Waals surface area contributed by atoms with E-state index in [2.05, 4.69) is 15.6 Å². The van der Waals surface area contributed by atoms with Gasteiger partial charge in [-0.3, -0.25) is 14.9 Å². The van der Waals surface area contributed by atoms with Gasteiger partial charge in [-0.05, 0) is 48.5 Å². The van der Waals surface area contributed by atoms with Crippen LogP contribution in [0.3, 0.4) is 0 Å². The molecule has 0 unspecified atom stereocenters. The van der Waals surface area contributed by atoms with Crippen LogP contribution in [-0.4, -0.2) is 22.9 Å². The summed E-state index contributed by atoms with van der Waals surface area (Å²) in [5.41, 5.74) is 2.45. The van der Waals surface area contributed by atoms with Gasteiger partial charge in [-0.2, -0.15) is 0 Å². The van der Waals surface area contributed by atoms with E-state index in [9.17, 15) is 14.9 Å². The molecule has 0 radical (unpaired) electrons. The Bertz CT molecular complexity index is 1240. The fourth-order valence-corrected chi connectivity index (χ4v) is 3.87. The van der Waals surface area contributed by atoms with E-state index in [4.69, 9.17) is 4.74 Å². The summed E-state index contributed by atoms with van der Waals surface area (Å²) in [4.78, 5) is 28.6. The number of methoxy groups -OCH3 is 1. The summed E-state index contributed by atoms with van der Waals surface area (Å²) in [6.45, 7) is 0. The second kappa shape index (κ2) is 9.27. The van der Waals surface area contributed by atoms with Crippen molar-refractivity contribution in [2.45, 2.75) is 0 Å². The number of nitro benzene ring substituents is 1. The fourth-order valence-electron chi connectivity index (χ4n) is 2.97. The van der Waals surface area contributed by atoms with Crippen LogP contribution >= 0.6 is 11.3 Å². The Morgan fingerprint density at radius 2 is 1.66 bits per heavy atom. The standard InChI is InChI=1S/C23H18N4O4S/c1-31-19-13-9-17(10-14-19)24-22(28)21-20(15-7-11-18(12-8-15)27(29)30)26-23(32-21)25-16-5-3-2-4-6-16/h2-14H,1H3,(H,24,28)(H,25,26). The Hall–Kier alpha value is -4.24. The van der Waals surface area contributed by atoms with Crippen molar-refractivity contribution in [1.82, 2.24) is 4.98 Å². The van der Waals surface area contributed by atoms with Crippen LogP contribution < -0.4 is 15.4 Å². The fraction of sp³-hybridized carbons (Fsp3) is 0.0435. The van der Waals surface area contributed by atoms with Crippen molar-refractivity contribution in [2.24, 2.45) is 0 Å². The molecular weight excluding hydrogens is 428 g/mol. The van der Waals surface area contributed by atoms with Gasteiger partial charge in [0.25, 0.3) is 11.6 Å². The first-order valence-electron chi connectivity index (χ1n) is 9.56. The number of nitrogens with zero attached hydrogens (tertiary/aromatic N) is 2. The molecule has 4 rings (SSSR count). The van der Waals surface area contributed by atoms with Crippen molar-refractivity contribution in [3.05, 3.63) is 93.9 Å². The summed E-state index contributed by atoms with van der Waals surface area (Å²) in [6.07, 6.45) is 0. The Morgan fingerprint density at radius 1 is 0.969 bits per heavy atom. The molecule has 0 saturated heterocycles. The van der Waals surface area contributed by atoms with Gasteiger partial charge < -0.3 is 15.4 Å². The van der Waals surface area contributed by atoms with Gasteiger partial charge in [-0.15, -0.1) is 0 Å². The van der Waals surface area contributed by atoms with E-state index in [0.29, 0.717) is 32.7 Å². The number of para-hydroxylation sites is 1. The molecule has 0 spiro atoms. The molecule has 1 heterocycles. The Balaban J connectivity index is 1.67. The largest absolute Gasteiger partial charge is 0.497 e. The van der Waals surface area contributed by atoms with E-state index in [1.807, 2.05) is 30.3 Å². The number of non-ortho nitro benzene ring substituents is 1. The van der Waals surface area contributed by atoms with Gasteiger partial charge in [0.1, 0.15) is 10.6 Å². The number of anilines is 3. The van der Waals surface area contributed by atoms with E-state index in [0.717, 1.165) is 5.69 Å². The van der Waals surface area contributed by atoms with Crippen molar-refractivity contribution < 1.29 is 14.5 Å². The van der Waals surface area contributed by atoms with Gasteiger partial charge in [0, 0.05) is 29.1 Å². The van der Waals surface area contributed by atoms with Gasteiger partial charge >= 0.3 is 0 Å². The number of hydrogen-bond acceptors (Lipinski definition) is 7. The zero-order valence-electron chi connectivity index (χ0n) is 16.9. The maximum Gasteiger partial charge on any atom is 0.269 e. The van der Waals surface area contributed by atoms with Gasteiger partial charge in [0.15, 0.2) is 5.13 Å². The maximum absolute atomic E-state index is 13.1. The van der Waals surface area contributed by atoms with Crippen LogP contribution in [0.15, 0.2) is 78.9 Å². The van der Waals surface area contributed by atoms with E-state index in [-0.39, 0.29) is 11.6 Å². The quantitative estimate of drug-likeness (QED) is 0.278. The molecule has 0 bridgehead atoms. The third-order valence-corrected chi connectivity index (χ3v) is 5.53.